The van der Waals surface area contributed by atoms with Gasteiger partial charge in [0.2, 0.25) is 0 Å². The van der Waals surface area contributed by atoms with Crippen molar-refractivity contribution < 1.29 is 9.53 Å². The molecule has 3 heterocycles. The van der Waals surface area contributed by atoms with Gasteiger partial charge in [0.05, 0.1) is 23.4 Å². The molecule has 0 aliphatic rings. The lowest BCUT2D eigenvalue weighted by Gasteiger charge is -2.09. The van der Waals surface area contributed by atoms with Crippen LogP contribution in [0.1, 0.15) is 32.7 Å². The Balaban J connectivity index is 0.000000179. The monoisotopic (exact) mass is 612 g/mol. The number of hydrogen-bond acceptors (Lipinski definition) is 4. The van der Waals surface area contributed by atoms with Crippen LogP contribution in [0.3, 0.4) is 0 Å². The number of pyridine rings is 1. The number of nitrogens with two attached hydrogens (primary N) is 1. The lowest BCUT2D eigenvalue weighted by molar-refractivity contribution is 0.0599. The zero-order valence-electron chi connectivity index (χ0n) is 24.9. The number of esters is 1. The summed E-state index contributed by atoms with van der Waals surface area (Å²) in [5.41, 5.74) is 13.7. The van der Waals surface area contributed by atoms with Crippen molar-refractivity contribution in [1.82, 2.24) is 14.1 Å². The van der Waals surface area contributed by atoms with Gasteiger partial charge in [0, 0.05) is 60.2 Å². The van der Waals surface area contributed by atoms with Crippen LogP contribution in [0.25, 0.3) is 21.8 Å². The first-order valence-electron chi connectivity index (χ1n) is 14.7. The minimum Gasteiger partial charge on any atom is -0.465 e. The molecule has 0 unspecified atom stereocenters. The molecule has 4 aromatic carbocycles. The fraction of sp³-hybridized carbons (Fsp3) is 0.105. The standard InChI is InChI=1S/C23H19ClN2O2.C15H14N2/c1-28-23(27)20-13-19(24)14-25-21(20)12-17-7-8-22-18(11-17)9-10-26(22)15-16-5-3-2-4-6-16;16-14-6-7-15-13(10-14)8-9-17(15)11-12-4-2-1-3-5-12/h2-11,13-14H,12,15H2,1H3;1-10H,11,16H2. The first-order valence-corrected chi connectivity index (χ1v) is 15.1. The largest absolute Gasteiger partial charge is 0.465 e. The van der Waals surface area contributed by atoms with Gasteiger partial charge in [0.25, 0.3) is 0 Å². The summed E-state index contributed by atoms with van der Waals surface area (Å²) < 4.78 is 9.33. The Morgan fingerprint density at radius 1 is 0.733 bits per heavy atom. The summed E-state index contributed by atoms with van der Waals surface area (Å²) in [5, 5.41) is 2.76. The van der Waals surface area contributed by atoms with E-state index in [-0.39, 0.29) is 0 Å². The quantitative estimate of drug-likeness (QED) is 0.145. The zero-order valence-corrected chi connectivity index (χ0v) is 25.7. The molecule has 0 amide bonds. The summed E-state index contributed by atoms with van der Waals surface area (Å²) in [6.45, 7) is 1.73. The first kappa shape index (κ1) is 29.7. The van der Waals surface area contributed by atoms with Crippen molar-refractivity contribution in [3.63, 3.8) is 0 Å². The molecule has 0 aliphatic carbocycles. The number of fused-ring (bicyclic) bond motifs is 2. The zero-order chi connectivity index (χ0) is 31.2. The van der Waals surface area contributed by atoms with E-state index in [4.69, 9.17) is 22.1 Å². The van der Waals surface area contributed by atoms with Crippen LogP contribution in [0, 0.1) is 0 Å². The molecule has 7 heteroatoms. The number of ether oxygens (including phenoxy) is 1. The third-order valence-electron chi connectivity index (χ3n) is 7.74. The average molecular weight is 613 g/mol. The van der Waals surface area contributed by atoms with E-state index >= 15 is 0 Å². The van der Waals surface area contributed by atoms with Crippen LogP contribution in [0.2, 0.25) is 5.02 Å². The number of methoxy groups -OCH3 is 1. The highest BCUT2D eigenvalue weighted by molar-refractivity contribution is 6.30. The smallest absolute Gasteiger partial charge is 0.339 e. The summed E-state index contributed by atoms with van der Waals surface area (Å²) >= 11 is 6.00. The molecule has 0 saturated carbocycles. The molecule has 224 valence electrons. The molecular formula is C38H33ClN4O2. The van der Waals surface area contributed by atoms with Crippen molar-refractivity contribution in [3.05, 3.63) is 167 Å². The van der Waals surface area contributed by atoms with Crippen molar-refractivity contribution in [1.29, 1.82) is 0 Å². The number of nitrogens with zero attached hydrogens (tertiary/aromatic N) is 3. The van der Waals surface area contributed by atoms with Crippen LogP contribution >= 0.6 is 11.6 Å². The minimum atomic E-state index is -0.430. The van der Waals surface area contributed by atoms with Crippen LogP contribution in [0.4, 0.5) is 5.69 Å². The average Bonchev–Trinajstić information content (AvgIpc) is 3.65. The molecule has 2 N–H and O–H groups in total. The minimum absolute atomic E-state index is 0.400. The second kappa shape index (κ2) is 13.5. The van der Waals surface area contributed by atoms with Gasteiger partial charge in [-0.3, -0.25) is 4.98 Å². The highest BCUT2D eigenvalue weighted by atomic mass is 35.5. The maximum absolute atomic E-state index is 12.0. The maximum Gasteiger partial charge on any atom is 0.339 e. The summed E-state index contributed by atoms with van der Waals surface area (Å²) in [4.78, 5) is 16.4. The second-order valence-electron chi connectivity index (χ2n) is 10.9. The summed E-state index contributed by atoms with van der Waals surface area (Å²) in [7, 11) is 1.36. The van der Waals surface area contributed by atoms with E-state index in [2.05, 4.69) is 111 Å². The Labute approximate surface area is 267 Å². The molecule has 3 aromatic heterocycles. The van der Waals surface area contributed by atoms with Crippen molar-refractivity contribution in [2.45, 2.75) is 19.5 Å². The van der Waals surface area contributed by atoms with E-state index in [1.54, 1.807) is 12.3 Å². The van der Waals surface area contributed by atoms with Gasteiger partial charge in [-0.1, -0.05) is 78.3 Å². The SMILES string of the molecule is COC(=O)c1cc(Cl)cnc1Cc1ccc2c(ccn2Cc2ccccc2)c1.Nc1ccc2c(ccn2Cc2ccccc2)c1. The molecule has 0 bridgehead atoms. The van der Waals surface area contributed by atoms with Crippen LogP contribution in [0.5, 0.6) is 0 Å². The van der Waals surface area contributed by atoms with E-state index in [1.807, 2.05) is 24.3 Å². The van der Waals surface area contributed by atoms with Crippen LogP contribution in [-0.2, 0) is 24.2 Å². The van der Waals surface area contributed by atoms with Crippen molar-refractivity contribution in [3.8, 4) is 0 Å². The number of hydrogen-bond donors (Lipinski definition) is 1. The molecule has 0 fully saturated rings. The van der Waals surface area contributed by atoms with E-state index < -0.39 is 5.97 Å². The molecule has 7 aromatic rings. The third-order valence-corrected chi connectivity index (χ3v) is 7.94. The molecule has 7 rings (SSSR count). The van der Waals surface area contributed by atoms with Gasteiger partial charge in [-0.25, -0.2) is 4.79 Å². The highest BCUT2D eigenvalue weighted by Gasteiger charge is 2.15. The van der Waals surface area contributed by atoms with E-state index in [1.165, 1.54) is 34.7 Å². The molecule has 0 atom stereocenters. The maximum atomic E-state index is 12.0. The van der Waals surface area contributed by atoms with Crippen LogP contribution < -0.4 is 5.73 Å². The van der Waals surface area contributed by atoms with Crippen LogP contribution in [0.15, 0.2) is 134 Å². The number of carbonyl (C=O) groups excluding carboxylic acids is 1. The Morgan fingerprint density at radius 2 is 1.31 bits per heavy atom. The van der Waals surface area contributed by atoms with Gasteiger partial charge < -0.3 is 19.6 Å². The molecular weight excluding hydrogens is 580 g/mol. The molecule has 45 heavy (non-hydrogen) atoms. The fourth-order valence-corrected chi connectivity index (χ4v) is 5.66. The summed E-state index contributed by atoms with van der Waals surface area (Å²) in [6, 6.07) is 39.0. The molecule has 6 nitrogen and oxygen atoms in total. The van der Waals surface area contributed by atoms with Crippen molar-refractivity contribution in [2.75, 3.05) is 12.8 Å². The van der Waals surface area contributed by atoms with Gasteiger partial charge in [-0.2, -0.15) is 0 Å². The van der Waals surface area contributed by atoms with Gasteiger partial charge >= 0.3 is 5.97 Å². The van der Waals surface area contributed by atoms with Gasteiger partial charge in [-0.05, 0) is 70.6 Å². The van der Waals surface area contributed by atoms with Crippen LogP contribution in [-0.4, -0.2) is 27.2 Å². The summed E-state index contributed by atoms with van der Waals surface area (Å²) in [6.07, 6.45) is 6.29. The fourth-order valence-electron chi connectivity index (χ4n) is 5.50. The van der Waals surface area contributed by atoms with Gasteiger partial charge in [-0.15, -0.1) is 0 Å². The molecule has 0 spiro atoms. The Bertz CT molecular complexity index is 2070. The van der Waals surface area contributed by atoms with E-state index in [9.17, 15) is 4.79 Å². The van der Waals surface area contributed by atoms with E-state index in [0.29, 0.717) is 22.7 Å². The Kier molecular flexibility index (Phi) is 8.94. The number of nitrogen functional groups attached to an aromatic ring is 1. The summed E-state index contributed by atoms with van der Waals surface area (Å²) in [5.74, 6) is -0.430. The van der Waals surface area contributed by atoms with Gasteiger partial charge in [0.1, 0.15) is 0 Å². The Hall–Kier alpha value is -5.33. The van der Waals surface area contributed by atoms with E-state index in [0.717, 1.165) is 29.7 Å². The number of rotatable bonds is 7. The lowest BCUT2D eigenvalue weighted by Crippen LogP contribution is -2.08. The Morgan fingerprint density at radius 3 is 1.91 bits per heavy atom. The lowest BCUT2D eigenvalue weighted by atomic mass is 10.0. The number of halogens is 1. The predicted molar refractivity (Wildman–Crippen MR) is 183 cm³/mol. The highest BCUT2D eigenvalue weighted by Crippen LogP contribution is 2.23. The second-order valence-corrected chi connectivity index (χ2v) is 11.3. The molecule has 0 saturated heterocycles. The first-order chi connectivity index (χ1) is 22.0. The number of aromatic nitrogens is 3. The number of anilines is 1. The normalized spacial score (nSPS) is 10.9. The number of benzene rings is 4. The predicted octanol–water partition coefficient (Wildman–Crippen LogP) is 8.39. The topological polar surface area (TPSA) is 75.1 Å². The number of carbonyl (C=O) groups is 1. The third kappa shape index (κ3) is 7.08. The molecule has 0 radical (unpaired) electrons. The molecule has 0 aliphatic heterocycles. The van der Waals surface area contributed by atoms with Gasteiger partial charge in [0.15, 0.2) is 0 Å². The van der Waals surface area contributed by atoms with Crippen molar-refractivity contribution >= 4 is 45.1 Å². The van der Waals surface area contributed by atoms with Crippen molar-refractivity contribution in [2.24, 2.45) is 0 Å².